The highest BCUT2D eigenvalue weighted by Gasteiger charge is 2.14. The highest BCUT2D eigenvalue weighted by atomic mass is 79.9. The van der Waals surface area contributed by atoms with Gasteiger partial charge in [0.15, 0.2) is 4.34 Å². The van der Waals surface area contributed by atoms with Crippen LogP contribution in [-0.4, -0.2) is 15.9 Å². The molecule has 2 rings (SSSR count). The van der Waals surface area contributed by atoms with E-state index in [1.54, 1.807) is 11.8 Å². The van der Waals surface area contributed by atoms with Crippen LogP contribution in [0.3, 0.4) is 0 Å². The molecule has 1 heterocycles. The Morgan fingerprint density at radius 3 is 2.94 bits per heavy atom. The van der Waals surface area contributed by atoms with Crippen LogP contribution in [0.4, 0.5) is 0 Å². The predicted molar refractivity (Wildman–Crippen MR) is 76.4 cm³/mol. The van der Waals surface area contributed by atoms with E-state index in [0.717, 1.165) is 14.6 Å². The zero-order valence-corrected chi connectivity index (χ0v) is 12.5. The topological polar surface area (TPSA) is 51.8 Å². The SMILES string of the molecule is Cc1nsc(SC(CN)c2cccc(Br)c2)n1. The molecule has 0 aliphatic carbocycles. The molecule has 2 aromatic rings. The number of benzene rings is 1. The first-order valence-electron chi connectivity index (χ1n) is 5.11. The maximum absolute atomic E-state index is 5.83. The van der Waals surface area contributed by atoms with Gasteiger partial charge in [0.2, 0.25) is 0 Å². The first-order valence-corrected chi connectivity index (χ1v) is 7.56. The lowest BCUT2D eigenvalue weighted by Crippen LogP contribution is -2.09. The van der Waals surface area contributed by atoms with Crippen LogP contribution < -0.4 is 5.73 Å². The summed E-state index contributed by atoms with van der Waals surface area (Å²) < 4.78 is 6.22. The third-order valence-electron chi connectivity index (χ3n) is 2.19. The Morgan fingerprint density at radius 2 is 2.35 bits per heavy atom. The fraction of sp³-hybridized carbons (Fsp3) is 0.273. The van der Waals surface area contributed by atoms with Crippen LogP contribution in [0.25, 0.3) is 0 Å². The van der Waals surface area contributed by atoms with Gasteiger partial charge < -0.3 is 5.73 Å². The molecule has 0 bridgehead atoms. The molecule has 0 aliphatic heterocycles. The zero-order valence-electron chi connectivity index (χ0n) is 9.26. The van der Waals surface area contributed by atoms with Crippen molar-refractivity contribution in [1.82, 2.24) is 9.36 Å². The van der Waals surface area contributed by atoms with E-state index in [0.29, 0.717) is 6.54 Å². The monoisotopic (exact) mass is 329 g/mol. The smallest absolute Gasteiger partial charge is 0.170 e. The molecule has 90 valence electrons. The van der Waals surface area contributed by atoms with E-state index in [2.05, 4.69) is 37.4 Å². The average molecular weight is 330 g/mol. The van der Waals surface area contributed by atoms with Gasteiger partial charge in [-0.3, -0.25) is 0 Å². The van der Waals surface area contributed by atoms with Gasteiger partial charge in [0.1, 0.15) is 5.82 Å². The number of hydrogen-bond donors (Lipinski definition) is 1. The minimum Gasteiger partial charge on any atom is -0.329 e. The Kier molecular flexibility index (Phi) is 4.55. The highest BCUT2D eigenvalue weighted by Crippen LogP contribution is 2.35. The first kappa shape index (κ1) is 13.0. The van der Waals surface area contributed by atoms with Crippen molar-refractivity contribution in [2.45, 2.75) is 16.5 Å². The minimum absolute atomic E-state index is 0.222. The third-order valence-corrected chi connectivity index (χ3v) is 4.84. The number of thioether (sulfide) groups is 1. The molecule has 1 unspecified atom stereocenters. The van der Waals surface area contributed by atoms with E-state index in [4.69, 9.17) is 5.73 Å². The molecule has 2 N–H and O–H groups in total. The van der Waals surface area contributed by atoms with Crippen molar-refractivity contribution in [3.05, 3.63) is 40.1 Å². The molecule has 0 aliphatic rings. The van der Waals surface area contributed by atoms with Gasteiger partial charge in [0.05, 0.1) is 0 Å². The summed E-state index contributed by atoms with van der Waals surface area (Å²) in [5, 5.41) is 0.222. The molecule has 1 aromatic carbocycles. The van der Waals surface area contributed by atoms with Crippen molar-refractivity contribution in [3.63, 3.8) is 0 Å². The number of nitrogens with two attached hydrogens (primary N) is 1. The predicted octanol–water partition coefficient (Wildman–Crippen LogP) is 3.40. The molecule has 17 heavy (non-hydrogen) atoms. The van der Waals surface area contributed by atoms with Gasteiger partial charge in [-0.05, 0) is 36.2 Å². The first-order chi connectivity index (χ1) is 8.19. The molecule has 1 aromatic heterocycles. The summed E-state index contributed by atoms with van der Waals surface area (Å²) in [5.74, 6) is 0.822. The van der Waals surface area contributed by atoms with Gasteiger partial charge >= 0.3 is 0 Å². The standard InChI is InChI=1S/C11H12BrN3S2/c1-7-14-11(17-15-7)16-10(6-13)8-3-2-4-9(12)5-8/h2-5,10H,6,13H2,1H3. The Balaban J connectivity index is 2.16. The van der Waals surface area contributed by atoms with E-state index in [1.165, 1.54) is 17.1 Å². The Labute approximate surface area is 117 Å². The molecule has 0 amide bonds. The van der Waals surface area contributed by atoms with E-state index in [-0.39, 0.29) is 5.25 Å². The number of halogens is 1. The number of aromatic nitrogens is 2. The van der Waals surface area contributed by atoms with E-state index < -0.39 is 0 Å². The van der Waals surface area contributed by atoms with Crippen molar-refractivity contribution in [2.75, 3.05) is 6.54 Å². The van der Waals surface area contributed by atoms with E-state index >= 15 is 0 Å². The maximum Gasteiger partial charge on any atom is 0.170 e. The van der Waals surface area contributed by atoms with Gasteiger partial charge in [0, 0.05) is 16.3 Å². The molecule has 1 atom stereocenters. The van der Waals surface area contributed by atoms with E-state index in [1.807, 2.05) is 19.1 Å². The minimum atomic E-state index is 0.222. The van der Waals surface area contributed by atoms with Crippen molar-refractivity contribution >= 4 is 39.2 Å². The Morgan fingerprint density at radius 1 is 1.53 bits per heavy atom. The maximum atomic E-state index is 5.83. The molecule has 0 saturated heterocycles. The quantitative estimate of drug-likeness (QED) is 0.873. The summed E-state index contributed by atoms with van der Waals surface area (Å²) in [7, 11) is 0. The summed E-state index contributed by atoms with van der Waals surface area (Å²) in [6.45, 7) is 2.48. The average Bonchev–Trinajstić information content (AvgIpc) is 2.72. The molecular formula is C11H12BrN3S2. The Hall–Kier alpha value is -0.430. The lowest BCUT2D eigenvalue weighted by Gasteiger charge is -2.12. The summed E-state index contributed by atoms with van der Waals surface area (Å²) in [4.78, 5) is 4.35. The van der Waals surface area contributed by atoms with Crippen LogP contribution in [0.2, 0.25) is 0 Å². The van der Waals surface area contributed by atoms with Crippen molar-refractivity contribution in [2.24, 2.45) is 5.73 Å². The summed E-state index contributed by atoms with van der Waals surface area (Å²) in [5.41, 5.74) is 7.04. The van der Waals surface area contributed by atoms with Crippen LogP contribution >= 0.6 is 39.2 Å². The van der Waals surface area contributed by atoms with Crippen LogP contribution in [0.1, 0.15) is 16.6 Å². The molecule has 0 radical (unpaired) electrons. The molecule has 0 fully saturated rings. The van der Waals surface area contributed by atoms with Crippen LogP contribution in [-0.2, 0) is 0 Å². The van der Waals surface area contributed by atoms with Gasteiger partial charge in [0.25, 0.3) is 0 Å². The molecule has 3 nitrogen and oxygen atoms in total. The van der Waals surface area contributed by atoms with E-state index in [9.17, 15) is 0 Å². The van der Waals surface area contributed by atoms with Crippen molar-refractivity contribution in [3.8, 4) is 0 Å². The van der Waals surface area contributed by atoms with Crippen molar-refractivity contribution < 1.29 is 0 Å². The normalized spacial score (nSPS) is 12.6. The van der Waals surface area contributed by atoms with Gasteiger partial charge in [-0.1, -0.05) is 39.8 Å². The largest absolute Gasteiger partial charge is 0.329 e. The fourth-order valence-electron chi connectivity index (χ4n) is 1.41. The van der Waals surface area contributed by atoms with Crippen LogP contribution in [0, 0.1) is 6.92 Å². The second-order valence-electron chi connectivity index (χ2n) is 3.50. The third kappa shape index (κ3) is 3.51. The van der Waals surface area contributed by atoms with Crippen molar-refractivity contribution in [1.29, 1.82) is 0 Å². The fourth-order valence-corrected chi connectivity index (χ4v) is 3.69. The summed E-state index contributed by atoms with van der Waals surface area (Å²) >= 11 is 6.57. The van der Waals surface area contributed by atoms with Gasteiger partial charge in [-0.15, -0.1) is 0 Å². The van der Waals surface area contributed by atoms with Gasteiger partial charge in [-0.25, -0.2) is 4.98 Å². The number of rotatable bonds is 4. The number of nitrogens with zero attached hydrogens (tertiary/aromatic N) is 2. The Bertz CT molecular complexity index is 501. The second kappa shape index (κ2) is 5.95. The molecular weight excluding hydrogens is 318 g/mol. The molecule has 0 saturated carbocycles. The molecule has 0 spiro atoms. The van der Waals surface area contributed by atoms with Crippen LogP contribution in [0.5, 0.6) is 0 Å². The molecule has 6 heteroatoms. The highest BCUT2D eigenvalue weighted by molar-refractivity contribution is 9.10. The summed E-state index contributed by atoms with van der Waals surface area (Å²) in [6.07, 6.45) is 0. The summed E-state index contributed by atoms with van der Waals surface area (Å²) in [6, 6.07) is 8.21. The second-order valence-corrected chi connectivity index (χ2v) is 6.62. The lowest BCUT2D eigenvalue weighted by molar-refractivity contribution is 0.937. The van der Waals surface area contributed by atoms with Crippen LogP contribution in [0.15, 0.2) is 33.1 Å². The lowest BCUT2D eigenvalue weighted by atomic mass is 10.1. The zero-order chi connectivity index (χ0) is 12.3. The number of aryl methyl sites for hydroxylation is 1. The van der Waals surface area contributed by atoms with Gasteiger partial charge in [-0.2, -0.15) is 4.37 Å². The number of hydrogen-bond acceptors (Lipinski definition) is 5.